The monoisotopic (exact) mass is 1040 g/mol. The Morgan fingerprint density at radius 2 is 0.623 bits per heavy atom. The molecule has 0 bridgehead atoms. The third-order valence-electron chi connectivity index (χ3n) is 12.3. The number of nitro groups is 2. The van der Waals surface area contributed by atoms with Crippen molar-refractivity contribution in [2.24, 2.45) is 29.6 Å². The van der Waals surface area contributed by atoms with Crippen molar-refractivity contribution in [2.45, 2.75) is 75.8 Å². The number of hydrogen-bond donors (Lipinski definition) is 0. The minimum absolute atomic E-state index is 0.00342. The Hall–Kier alpha value is -8.46. The molecule has 8 rings (SSSR count). The molecule has 1 heterocycles. The van der Waals surface area contributed by atoms with E-state index in [0.717, 1.165) is 57.1 Å². The first-order chi connectivity index (χ1) is 36.9. The third-order valence-corrected chi connectivity index (χ3v) is 12.3. The number of rotatable bonds is 24. The van der Waals surface area contributed by atoms with E-state index in [-0.39, 0.29) is 28.1 Å². The Balaban J connectivity index is 1.23. The van der Waals surface area contributed by atoms with Crippen LogP contribution in [-0.2, 0) is 6.54 Å². The largest absolute Gasteiger partial charge is 0.493 e. The van der Waals surface area contributed by atoms with Crippen molar-refractivity contribution in [3.8, 4) is 45.3 Å². The molecule has 0 aliphatic heterocycles. The van der Waals surface area contributed by atoms with Gasteiger partial charge in [0.15, 0.2) is 0 Å². The second kappa shape index (κ2) is 24.5. The summed E-state index contributed by atoms with van der Waals surface area (Å²) in [7, 11) is 0. The van der Waals surface area contributed by atoms with Gasteiger partial charge in [0.05, 0.1) is 53.9 Å². The lowest BCUT2D eigenvalue weighted by Gasteiger charge is -2.26. The summed E-state index contributed by atoms with van der Waals surface area (Å²) < 4.78 is 24.0. The predicted molar refractivity (Wildman–Crippen MR) is 307 cm³/mol. The Kier molecular flexibility index (Phi) is 17.4. The number of benzene rings is 7. The molecule has 400 valence electrons. The summed E-state index contributed by atoms with van der Waals surface area (Å²) in [5, 5.41) is 36.9. The molecular formula is C62H69N7O8. The van der Waals surface area contributed by atoms with Crippen LogP contribution in [0.5, 0.6) is 23.0 Å². The van der Waals surface area contributed by atoms with Crippen LogP contribution in [0.2, 0.25) is 0 Å². The zero-order valence-electron chi connectivity index (χ0n) is 45.7. The molecule has 7 aromatic carbocycles. The summed E-state index contributed by atoms with van der Waals surface area (Å²) in [6.07, 6.45) is 0. The Morgan fingerprint density at radius 1 is 0.390 bits per heavy atom. The van der Waals surface area contributed by atoms with Gasteiger partial charge in [0.1, 0.15) is 34.0 Å². The van der Waals surface area contributed by atoms with Gasteiger partial charge in [-0.3, -0.25) is 20.2 Å². The highest BCUT2D eigenvalue weighted by atomic mass is 16.6. The smallest absolute Gasteiger partial charge is 0.356 e. The molecule has 0 amide bonds. The van der Waals surface area contributed by atoms with E-state index in [9.17, 15) is 20.2 Å². The number of fused-ring (bicyclic) bond motifs is 1. The van der Waals surface area contributed by atoms with Gasteiger partial charge in [-0.05, 0) is 162 Å². The number of ether oxygens (including phenoxy) is 4. The highest BCUT2D eigenvalue weighted by molar-refractivity contribution is 6.10. The van der Waals surface area contributed by atoms with Gasteiger partial charge in [-0.1, -0.05) is 93.5 Å². The van der Waals surface area contributed by atoms with Crippen molar-refractivity contribution >= 4 is 56.5 Å². The molecule has 0 spiro atoms. The van der Waals surface area contributed by atoms with Crippen molar-refractivity contribution in [1.29, 1.82) is 0 Å². The van der Waals surface area contributed by atoms with Crippen molar-refractivity contribution in [3.63, 3.8) is 0 Å². The Bertz CT molecular complexity index is 2920. The number of nitrogens with zero attached hydrogens (tertiary/aromatic N) is 7. The van der Waals surface area contributed by atoms with Gasteiger partial charge in [0.2, 0.25) is 0 Å². The van der Waals surface area contributed by atoms with Crippen LogP contribution < -0.4 is 28.7 Å². The molecule has 0 atom stereocenters. The van der Waals surface area contributed by atoms with Crippen molar-refractivity contribution in [2.75, 3.05) is 36.2 Å². The maximum absolute atomic E-state index is 13.5. The highest BCUT2D eigenvalue weighted by Gasteiger charge is 2.39. The molecule has 15 nitrogen and oxygen atoms in total. The zero-order valence-corrected chi connectivity index (χ0v) is 45.7. The second-order valence-electron chi connectivity index (χ2n) is 21.4. The molecule has 0 aliphatic rings. The first kappa shape index (κ1) is 54.8. The van der Waals surface area contributed by atoms with Gasteiger partial charge in [0, 0.05) is 34.1 Å². The molecule has 0 radical (unpaired) electrons. The molecule has 1 aromatic heterocycles. The second-order valence-corrected chi connectivity index (χ2v) is 21.4. The number of hydrogen-bond acceptors (Lipinski definition) is 12. The average Bonchev–Trinajstić information content (AvgIpc) is 3.84. The molecule has 0 saturated heterocycles. The van der Waals surface area contributed by atoms with Crippen LogP contribution in [0.1, 0.15) is 69.2 Å². The predicted octanol–water partition coefficient (Wildman–Crippen LogP) is 16.3. The van der Waals surface area contributed by atoms with Gasteiger partial charge in [-0.15, -0.1) is 0 Å². The fraction of sp³-hybridized carbons (Fsp3) is 0.323. The third kappa shape index (κ3) is 13.3. The highest BCUT2D eigenvalue weighted by Crippen LogP contribution is 2.50. The topological polar surface area (TPSA) is 160 Å². The van der Waals surface area contributed by atoms with Crippen LogP contribution in [0.25, 0.3) is 33.3 Å². The van der Waals surface area contributed by atoms with Crippen LogP contribution >= 0.6 is 0 Å². The van der Waals surface area contributed by atoms with Gasteiger partial charge in [-0.25, -0.2) is 0 Å². The van der Waals surface area contributed by atoms with Gasteiger partial charge in [0.25, 0.3) is 0 Å². The minimum Gasteiger partial charge on any atom is -0.493 e. The van der Waals surface area contributed by atoms with Gasteiger partial charge < -0.3 is 28.7 Å². The van der Waals surface area contributed by atoms with Crippen LogP contribution in [0.4, 0.5) is 45.5 Å². The van der Waals surface area contributed by atoms with Crippen LogP contribution in [0, 0.1) is 49.8 Å². The van der Waals surface area contributed by atoms with Gasteiger partial charge in [-0.2, -0.15) is 15.0 Å². The molecule has 8 aromatic rings. The quantitative estimate of drug-likeness (QED) is 0.0417. The summed E-state index contributed by atoms with van der Waals surface area (Å²) in [6, 6.07) is 45.6. The van der Waals surface area contributed by atoms with Crippen LogP contribution in [-0.4, -0.2) is 51.3 Å². The average molecular weight is 1040 g/mol. The minimum atomic E-state index is -0.682. The van der Waals surface area contributed by atoms with Crippen LogP contribution in [0.15, 0.2) is 146 Å². The molecular weight excluding hydrogens is 971 g/mol. The number of nitro benzene ring substituents is 2. The van der Waals surface area contributed by atoms with E-state index < -0.39 is 21.2 Å². The summed E-state index contributed by atoms with van der Waals surface area (Å²) >= 11 is 0. The fourth-order valence-electron chi connectivity index (χ4n) is 8.72. The Labute approximate surface area is 451 Å². The summed E-state index contributed by atoms with van der Waals surface area (Å²) in [4.78, 5) is 31.3. The summed E-state index contributed by atoms with van der Waals surface area (Å²) in [5.41, 5.74) is 4.47. The lowest BCUT2D eigenvalue weighted by molar-refractivity contribution is -0.421. The molecule has 0 saturated carbocycles. The van der Waals surface area contributed by atoms with Crippen molar-refractivity contribution < 1.29 is 28.8 Å². The molecule has 0 N–H and O–H groups in total. The maximum Gasteiger partial charge on any atom is 0.356 e. The Morgan fingerprint density at radius 3 is 0.831 bits per heavy atom. The van der Waals surface area contributed by atoms with E-state index in [1.807, 2.05) is 135 Å². The fourth-order valence-corrected chi connectivity index (χ4v) is 8.72. The van der Waals surface area contributed by atoms with Crippen molar-refractivity contribution in [1.82, 2.24) is 15.0 Å². The van der Waals surface area contributed by atoms with E-state index in [1.165, 1.54) is 4.80 Å². The van der Waals surface area contributed by atoms with Crippen LogP contribution in [0.3, 0.4) is 0 Å². The first-order valence-corrected chi connectivity index (χ1v) is 26.4. The summed E-state index contributed by atoms with van der Waals surface area (Å²) in [5.74, 6) is 4.46. The zero-order chi connectivity index (χ0) is 54.9. The van der Waals surface area contributed by atoms with E-state index in [1.54, 1.807) is 24.3 Å². The maximum atomic E-state index is 13.5. The number of anilines is 6. The normalized spacial score (nSPS) is 11.5. The van der Waals surface area contributed by atoms with E-state index in [2.05, 4.69) is 65.2 Å². The lowest BCUT2D eigenvalue weighted by atomic mass is 9.93. The molecule has 15 heteroatoms. The SMILES string of the molecule is CC(C)COc1ccc(N(c2ccc(OCC(C)C)cc2)c2ccc(-c3c([N+](=O)[O-])c([N+](=O)[O-])c(-c4ccc(N(c5ccc(OCC(C)C)cc5)c5ccc(OCC(C)C)cc5)cc4)c4nn(CC(C)C)nc34)cc2)cc1. The van der Waals surface area contributed by atoms with Crippen molar-refractivity contribution in [3.05, 3.63) is 166 Å². The molecule has 0 unspecified atom stereocenters. The number of aromatic nitrogens is 3. The summed E-state index contributed by atoms with van der Waals surface area (Å²) in [6.45, 7) is 23.5. The molecule has 0 aliphatic carbocycles. The molecule has 77 heavy (non-hydrogen) atoms. The molecule has 0 fully saturated rings. The van der Waals surface area contributed by atoms with E-state index >= 15 is 0 Å². The van der Waals surface area contributed by atoms with E-state index in [0.29, 0.717) is 67.8 Å². The lowest BCUT2D eigenvalue weighted by Crippen LogP contribution is -2.11. The van der Waals surface area contributed by atoms with E-state index in [4.69, 9.17) is 29.1 Å². The van der Waals surface area contributed by atoms with Gasteiger partial charge >= 0.3 is 11.4 Å². The standard InChI is InChI=1S/C62H69N7O8/c1-40(2)35-65-63-59-57(45-11-15-47(16-12-45)66(49-19-27-53(28-20-49)74-36-41(3)4)50-21-29-54(30-22-50)75-37-42(5)6)61(68(70)71)62(69(72)73)58(60(59)64-65)46-13-17-48(18-14-46)67(51-23-31-55(32-24-51)76-38-43(7)8)52-25-33-56(34-26-52)77-39-44(9)10/h11-34,40-44H,35-39H2,1-10H3. The first-order valence-electron chi connectivity index (χ1n) is 26.4.